The highest BCUT2D eigenvalue weighted by Crippen LogP contribution is 2.23. The van der Waals surface area contributed by atoms with Gasteiger partial charge in [0.15, 0.2) is 0 Å². The summed E-state index contributed by atoms with van der Waals surface area (Å²) in [4.78, 5) is 26.1. The molecule has 0 bridgehead atoms. The van der Waals surface area contributed by atoms with E-state index in [2.05, 4.69) is 0 Å². The number of hydrogen-bond donors (Lipinski definition) is 2. The van der Waals surface area contributed by atoms with Crippen molar-refractivity contribution in [3.8, 4) is 0 Å². The summed E-state index contributed by atoms with van der Waals surface area (Å²) in [6.07, 6.45) is -0.858. The lowest BCUT2D eigenvalue weighted by atomic mass is 10.2. The number of carboxylic acids is 1. The summed E-state index contributed by atoms with van der Waals surface area (Å²) < 4.78 is 13.3. The minimum Gasteiger partial charge on any atom is -0.480 e. The van der Waals surface area contributed by atoms with Crippen molar-refractivity contribution in [2.45, 2.75) is 25.5 Å². The number of carbonyl (C=O) groups excluding carboxylic acids is 1. The molecule has 1 saturated heterocycles. The van der Waals surface area contributed by atoms with Crippen LogP contribution in [0.5, 0.6) is 0 Å². The van der Waals surface area contributed by atoms with Crippen molar-refractivity contribution in [3.63, 3.8) is 0 Å². The molecule has 2 N–H and O–H groups in total. The highest BCUT2D eigenvalue weighted by Gasteiger charge is 2.40. The summed E-state index contributed by atoms with van der Waals surface area (Å²) in [5.41, 5.74) is 0.355. The van der Waals surface area contributed by atoms with Crippen LogP contribution in [0.1, 0.15) is 13.3 Å². The van der Waals surface area contributed by atoms with Gasteiger partial charge in [0.2, 0.25) is 0 Å². The first-order valence-electron chi connectivity index (χ1n) is 6.68. The van der Waals surface area contributed by atoms with Crippen LogP contribution in [0.3, 0.4) is 0 Å². The summed E-state index contributed by atoms with van der Waals surface area (Å²) in [5, 5.41) is 18.7. The van der Waals surface area contributed by atoms with Crippen LogP contribution in [-0.2, 0) is 4.79 Å². The first-order chi connectivity index (χ1) is 9.93. The van der Waals surface area contributed by atoms with Gasteiger partial charge in [-0.15, -0.1) is 0 Å². The van der Waals surface area contributed by atoms with Crippen LogP contribution in [0.2, 0.25) is 0 Å². The lowest BCUT2D eigenvalue weighted by Crippen LogP contribution is -2.48. The number of rotatable bonds is 3. The lowest BCUT2D eigenvalue weighted by molar-refractivity contribution is -0.141. The minimum atomic E-state index is -1.16. The quantitative estimate of drug-likeness (QED) is 0.880. The van der Waals surface area contributed by atoms with Crippen molar-refractivity contribution in [2.24, 2.45) is 0 Å². The molecule has 0 aliphatic carbocycles. The summed E-state index contributed by atoms with van der Waals surface area (Å²) in [6.45, 7) is 1.94. The van der Waals surface area contributed by atoms with E-state index < -0.39 is 30.0 Å². The van der Waals surface area contributed by atoms with E-state index in [1.54, 1.807) is 13.0 Å². The van der Waals surface area contributed by atoms with Gasteiger partial charge in [-0.2, -0.15) is 0 Å². The van der Waals surface area contributed by atoms with E-state index in [0.717, 1.165) is 4.90 Å². The molecule has 1 fully saturated rings. The first-order valence-corrected chi connectivity index (χ1v) is 6.68. The standard InChI is InChI=1S/C14H17FN2O4/c1-2-16(10-5-3-4-9(15)6-10)14(21)17-8-11(18)7-12(17)13(19)20/h3-6,11-12,18H,2,7-8H2,1H3,(H,19,20)/t11-,12-/m0/s1. The van der Waals surface area contributed by atoms with Crippen LogP contribution in [0.15, 0.2) is 24.3 Å². The Balaban J connectivity index is 2.26. The van der Waals surface area contributed by atoms with Crippen LogP contribution in [0.25, 0.3) is 0 Å². The number of halogens is 1. The molecule has 0 unspecified atom stereocenters. The number of carbonyl (C=O) groups is 2. The molecule has 1 aromatic rings. The smallest absolute Gasteiger partial charge is 0.326 e. The Hall–Kier alpha value is -2.15. The Kier molecular flexibility index (Phi) is 4.42. The molecular weight excluding hydrogens is 279 g/mol. The SMILES string of the molecule is CCN(C(=O)N1C[C@@H](O)C[C@H]1C(=O)O)c1cccc(F)c1. The predicted molar refractivity (Wildman–Crippen MR) is 73.6 cm³/mol. The number of nitrogens with zero attached hydrogens (tertiary/aromatic N) is 2. The van der Waals surface area contributed by atoms with Crippen molar-refractivity contribution < 1.29 is 24.2 Å². The van der Waals surface area contributed by atoms with E-state index in [-0.39, 0.29) is 19.5 Å². The van der Waals surface area contributed by atoms with Gasteiger partial charge in [0.05, 0.1) is 6.10 Å². The molecule has 0 aromatic heterocycles. The van der Waals surface area contributed by atoms with E-state index in [0.29, 0.717) is 5.69 Å². The average molecular weight is 296 g/mol. The fourth-order valence-corrected chi connectivity index (χ4v) is 2.49. The number of aliphatic hydroxyl groups excluding tert-OH is 1. The van der Waals surface area contributed by atoms with E-state index in [1.165, 1.54) is 23.1 Å². The predicted octanol–water partition coefficient (Wildman–Crippen LogP) is 1.29. The highest BCUT2D eigenvalue weighted by molar-refractivity contribution is 5.94. The lowest BCUT2D eigenvalue weighted by Gasteiger charge is -2.29. The van der Waals surface area contributed by atoms with Crippen molar-refractivity contribution in [2.75, 3.05) is 18.0 Å². The van der Waals surface area contributed by atoms with Gasteiger partial charge in [-0.1, -0.05) is 6.07 Å². The van der Waals surface area contributed by atoms with E-state index in [1.807, 2.05) is 0 Å². The molecule has 1 aliphatic heterocycles. The van der Waals surface area contributed by atoms with Gasteiger partial charge in [-0.3, -0.25) is 4.90 Å². The number of aliphatic hydroxyl groups is 1. The number of urea groups is 1. The number of aliphatic carboxylic acids is 1. The molecule has 2 atom stereocenters. The molecule has 1 aliphatic rings. The molecular formula is C14H17FN2O4. The molecule has 2 rings (SSSR count). The fourth-order valence-electron chi connectivity index (χ4n) is 2.49. The number of hydrogen-bond acceptors (Lipinski definition) is 3. The molecule has 0 spiro atoms. The Labute approximate surface area is 121 Å². The second-order valence-electron chi connectivity index (χ2n) is 4.90. The van der Waals surface area contributed by atoms with Gasteiger partial charge in [-0.25, -0.2) is 14.0 Å². The number of benzene rings is 1. The Morgan fingerprint density at radius 2 is 2.19 bits per heavy atom. The number of likely N-dealkylation sites (tertiary alicyclic amines) is 1. The van der Waals surface area contributed by atoms with Gasteiger partial charge in [0.25, 0.3) is 0 Å². The molecule has 114 valence electrons. The van der Waals surface area contributed by atoms with Crippen molar-refractivity contribution in [1.82, 2.24) is 4.90 Å². The minimum absolute atomic E-state index is 0.00176. The van der Waals surface area contributed by atoms with Gasteiger partial charge in [-0.05, 0) is 25.1 Å². The topological polar surface area (TPSA) is 81.1 Å². The molecule has 0 radical (unpaired) electrons. The monoisotopic (exact) mass is 296 g/mol. The maximum Gasteiger partial charge on any atom is 0.326 e. The van der Waals surface area contributed by atoms with Gasteiger partial charge < -0.3 is 15.1 Å². The number of amides is 2. The van der Waals surface area contributed by atoms with Crippen molar-refractivity contribution in [3.05, 3.63) is 30.1 Å². The Bertz CT molecular complexity index is 552. The van der Waals surface area contributed by atoms with Crippen LogP contribution in [-0.4, -0.2) is 52.3 Å². The zero-order valence-electron chi connectivity index (χ0n) is 11.6. The normalized spacial score (nSPS) is 21.4. The van der Waals surface area contributed by atoms with E-state index in [9.17, 15) is 19.1 Å². The summed E-state index contributed by atoms with van der Waals surface area (Å²) >= 11 is 0. The summed E-state index contributed by atoms with van der Waals surface area (Å²) in [5.74, 6) is -1.63. The molecule has 1 heterocycles. The van der Waals surface area contributed by atoms with Crippen LogP contribution in [0.4, 0.5) is 14.9 Å². The van der Waals surface area contributed by atoms with E-state index in [4.69, 9.17) is 5.11 Å². The van der Waals surface area contributed by atoms with Crippen molar-refractivity contribution in [1.29, 1.82) is 0 Å². The summed E-state index contributed by atoms with van der Waals surface area (Å²) in [6, 6.07) is 3.92. The molecule has 1 aromatic carbocycles. The zero-order valence-corrected chi connectivity index (χ0v) is 11.6. The molecule has 7 heteroatoms. The van der Waals surface area contributed by atoms with Gasteiger partial charge in [0.1, 0.15) is 11.9 Å². The maximum absolute atomic E-state index is 13.3. The van der Waals surface area contributed by atoms with Crippen LogP contribution >= 0.6 is 0 Å². The second kappa shape index (κ2) is 6.09. The zero-order chi connectivity index (χ0) is 15.6. The number of carboxylic acid groups (broad SMARTS) is 1. The third-order valence-corrected chi connectivity index (χ3v) is 3.48. The average Bonchev–Trinajstić information content (AvgIpc) is 2.82. The van der Waals surface area contributed by atoms with Crippen LogP contribution < -0.4 is 4.90 Å². The van der Waals surface area contributed by atoms with Gasteiger partial charge >= 0.3 is 12.0 Å². The molecule has 2 amide bonds. The third kappa shape index (κ3) is 3.13. The largest absolute Gasteiger partial charge is 0.480 e. The highest BCUT2D eigenvalue weighted by atomic mass is 19.1. The molecule has 21 heavy (non-hydrogen) atoms. The first kappa shape index (κ1) is 15.2. The van der Waals surface area contributed by atoms with Gasteiger partial charge in [0, 0.05) is 25.2 Å². The number of β-amino-alcohol motifs (C(OH)–C–C–N with tert-alkyl or cyclic N) is 1. The maximum atomic E-state index is 13.3. The van der Waals surface area contributed by atoms with Crippen LogP contribution in [0, 0.1) is 5.82 Å². The molecule has 6 nitrogen and oxygen atoms in total. The second-order valence-corrected chi connectivity index (χ2v) is 4.90. The van der Waals surface area contributed by atoms with Crippen molar-refractivity contribution >= 4 is 17.7 Å². The van der Waals surface area contributed by atoms with E-state index >= 15 is 0 Å². The molecule has 0 saturated carbocycles. The Morgan fingerprint density at radius 3 is 2.76 bits per heavy atom. The Morgan fingerprint density at radius 1 is 1.48 bits per heavy atom. The summed E-state index contributed by atoms with van der Waals surface area (Å²) in [7, 11) is 0. The fraction of sp³-hybridized carbons (Fsp3) is 0.429. The number of anilines is 1. The third-order valence-electron chi connectivity index (χ3n) is 3.48.